The number of benzene rings is 1. The number of methoxy groups -OCH3 is 2. The van der Waals surface area contributed by atoms with E-state index in [0.29, 0.717) is 24.6 Å². The van der Waals surface area contributed by atoms with Crippen LogP contribution in [0.3, 0.4) is 0 Å². The van der Waals surface area contributed by atoms with Gasteiger partial charge in [-0.1, -0.05) is 18.2 Å². The van der Waals surface area contributed by atoms with Gasteiger partial charge in [-0.2, -0.15) is 0 Å². The highest BCUT2D eigenvalue weighted by Gasteiger charge is 2.14. The highest BCUT2D eigenvalue weighted by molar-refractivity contribution is 7.09. The number of para-hydroxylation sites is 1. The van der Waals surface area contributed by atoms with Crippen molar-refractivity contribution >= 4 is 23.3 Å². The average Bonchev–Trinajstić information content (AvgIpc) is 3.14. The number of nitrogens with one attached hydrogen (secondary N) is 2. The van der Waals surface area contributed by atoms with Gasteiger partial charge in [0.2, 0.25) is 5.91 Å². The summed E-state index contributed by atoms with van der Waals surface area (Å²) >= 11 is 1.64. The Kier molecular flexibility index (Phi) is 8.09. The van der Waals surface area contributed by atoms with Gasteiger partial charge in [0.1, 0.15) is 0 Å². The van der Waals surface area contributed by atoms with Crippen LogP contribution in [0, 0.1) is 0 Å². The van der Waals surface area contributed by atoms with Crippen molar-refractivity contribution in [3.05, 3.63) is 46.2 Å². The minimum Gasteiger partial charge on any atom is -0.493 e. The molecule has 7 nitrogen and oxygen atoms in total. The van der Waals surface area contributed by atoms with Crippen molar-refractivity contribution in [1.82, 2.24) is 15.5 Å². The van der Waals surface area contributed by atoms with Gasteiger partial charge < -0.3 is 14.8 Å². The molecular weight excluding hydrogens is 366 g/mol. The lowest BCUT2D eigenvalue weighted by Gasteiger charge is -2.19. The van der Waals surface area contributed by atoms with Gasteiger partial charge in [-0.05, 0) is 31.0 Å². The summed E-state index contributed by atoms with van der Waals surface area (Å²) in [6, 6.07) is 9.09. The summed E-state index contributed by atoms with van der Waals surface area (Å²) in [4.78, 5) is 26.9. The maximum Gasteiger partial charge on any atom is 0.321 e. The average molecular weight is 391 g/mol. The van der Waals surface area contributed by atoms with Crippen LogP contribution in [0.15, 0.2) is 35.7 Å². The van der Waals surface area contributed by atoms with Gasteiger partial charge in [-0.25, -0.2) is 4.79 Å². The predicted octanol–water partition coefficient (Wildman–Crippen LogP) is 2.27. The minimum absolute atomic E-state index is 0.0821. The molecule has 0 aliphatic rings. The van der Waals surface area contributed by atoms with E-state index in [0.717, 1.165) is 12.0 Å². The number of hydrogen-bond donors (Lipinski definition) is 2. The number of rotatable bonds is 9. The summed E-state index contributed by atoms with van der Waals surface area (Å²) < 4.78 is 10.7. The van der Waals surface area contributed by atoms with Crippen LogP contribution < -0.4 is 20.1 Å². The van der Waals surface area contributed by atoms with Crippen molar-refractivity contribution < 1.29 is 19.1 Å². The number of likely N-dealkylation sites (N-methyl/N-ethyl adjacent to an activating group) is 1. The van der Waals surface area contributed by atoms with E-state index in [4.69, 9.17) is 9.47 Å². The van der Waals surface area contributed by atoms with E-state index in [1.54, 1.807) is 37.5 Å². The van der Waals surface area contributed by atoms with Crippen molar-refractivity contribution in [2.24, 2.45) is 0 Å². The van der Waals surface area contributed by atoms with E-state index < -0.39 is 6.03 Å². The van der Waals surface area contributed by atoms with Crippen LogP contribution in [0.25, 0.3) is 0 Å². The van der Waals surface area contributed by atoms with Gasteiger partial charge in [-0.3, -0.25) is 15.0 Å². The Morgan fingerprint density at radius 1 is 1.15 bits per heavy atom. The summed E-state index contributed by atoms with van der Waals surface area (Å²) in [5.41, 5.74) is 0.896. The van der Waals surface area contributed by atoms with Crippen LogP contribution in [0.1, 0.15) is 10.4 Å². The fourth-order valence-electron chi connectivity index (χ4n) is 2.63. The lowest BCUT2D eigenvalue weighted by Crippen LogP contribution is -2.44. The number of carbonyl (C=O) groups excluding carboxylic acids is 2. The zero-order chi connectivity index (χ0) is 19.6. The fraction of sp³-hybridized carbons (Fsp3) is 0.368. The molecule has 0 unspecified atom stereocenters. The molecule has 0 bridgehead atoms. The molecule has 0 spiro atoms. The molecule has 2 N–H and O–H groups in total. The molecule has 27 heavy (non-hydrogen) atoms. The maximum absolute atomic E-state index is 12.1. The highest BCUT2D eigenvalue weighted by Crippen LogP contribution is 2.31. The lowest BCUT2D eigenvalue weighted by atomic mass is 10.1. The van der Waals surface area contributed by atoms with E-state index in [2.05, 4.69) is 10.6 Å². The molecule has 3 amide bonds. The summed E-state index contributed by atoms with van der Waals surface area (Å²) in [6.45, 7) is 1.04. The van der Waals surface area contributed by atoms with Crippen molar-refractivity contribution in [2.45, 2.75) is 13.0 Å². The molecule has 0 aliphatic carbocycles. The van der Waals surface area contributed by atoms with Gasteiger partial charge in [0, 0.05) is 23.5 Å². The van der Waals surface area contributed by atoms with E-state index in [-0.39, 0.29) is 12.5 Å². The Balaban J connectivity index is 1.77. The predicted molar refractivity (Wildman–Crippen MR) is 105 cm³/mol. The molecule has 2 aromatic rings. The molecule has 2 rings (SSSR count). The zero-order valence-corrected chi connectivity index (χ0v) is 16.6. The van der Waals surface area contributed by atoms with Gasteiger partial charge in [0.05, 0.1) is 20.8 Å². The van der Waals surface area contributed by atoms with Gasteiger partial charge in [0.25, 0.3) is 0 Å². The number of urea groups is 1. The van der Waals surface area contributed by atoms with E-state index in [1.165, 1.54) is 4.88 Å². The second kappa shape index (κ2) is 10.5. The summed E-state index contributed by atoms with van der Waals surface area (Å²) in [7, 11) is 4.96. The second-order valence-corrected chi connectivity index (χ2v) is 6.99. The standard InChI is InChI=1S/C19H25N3O4S/c1-22(12-14-6-4-8-16(25-2)18(14)26-3)13-17(23)21-19(24)20-10-9-15-7-5-11-27-15/h4-8,11H,9-10,12-13H2,1-3H3,(H2,20,21,23,24). The molecule has 0 aliphatic heterocycles. The lowest BCUT2D eigenvalue weighted by molar-refractivity contribution is -0.120. The molecule has 0 saturated carbocycles. The van der Waals surface area contributed by atoms with Crippen molar-refractivity contribution in [3.63, 3.8) is 0 Å². The monoisotopic (exact) mass is 391 g/mol. The SMILES string of the molecule is COc1cccc(CN(C)CC(=O)NC(=O)NCCc2cccs2)c1OC. The topological polar surface area (TPSA) is 79.9 Å². The van der Waals surface area contributed by atoms with Crippen LogP contribution in [0.5, 0.6) is 11.5 Å². The Morgan fingerprint density at radius 2 is 1.96 bits per heavy atom. The maximum atomic E-state index is 12.1. The fourth-order valence-corrected chi connectivity index (χ4v) is 3.34. The van der Waals surface area contributed by atoms with Crippen molar-refractivity contribution in [1.29, 1.82) is 0 Å². The van der Waals surface area contributed by atoms with Crippen molar-refractivity contribution in [2.75, 3.05) is 34.4 Å². The van der Waals surface area contributed by atoms with Crippen LogP contribution in [-0.2, 0) is 17.8 Å². The smallest absolute Gasteiger partial charge is 0.321 e. The quantitative estimate of drug-likeness (QED) is 0.685. The Morgan fingerprint density at radius 3 is 2.63 bits per heavy atom. The third-order valence-corrected chi connectivity index (χ3v) is 4.76. The first-order chi connectivity index (χ1) is 13.0. The van der Waals surface area contributed by atoms with E-state index >= 15 is 0 Å². The molecule has 8 heteroatoms. The molecule has 0 saturated heterocycles. The molecule has 1 aromatic heterocycles. The Hall–Kier alpha value is -2.58. The summed E-state index contributed by atoms with van der Waals surface area (Å²) in [5.74, 6) is 0.907. The molecule has 1 heterocycles. The van der Waals surface area contributed by atoms with Crippen molar-refractivity contribution in [3.8, 4) is 11.5 Å². The Labute approximate surface area is 163 Å². The number of carbonyl (C=O) groups is 2. The summed E-state index contributed by atoms with van der Waals surface area (Å²) in [5, 5.41) is 7.03. The minimum atomic E-state index is -0.482. The van der Waals surface area contributed by atoms with Gasteiger partial charge >= 0.3 is 6.03 Å². The number of imide groups is 1. The number of amides is 3. The van der Waals surface area contributed by atoms with E-state index in [9.17, 15) is 9.59 Å². The number of nitrogens with zero attached hydrogens (tertiary/aromatic N) is 1. The van der Waals surface area contributed by atoms with Crippen LogP contribution in [-0.4, -0.2) is 51.2 Å². The van der Waals surface area contributed by atoms with E-state index in [1.807, 2.05) is 35.7 Å². The third-order valence-electron chi connectivity index (χ3n) is 3.83. The van der Waals surface area contributed by atoms with Crippen LogP contribution in [0.4, 0.5) is 4.79 Å². The molecule has 0 atom stereocenters. The molecule has 146 valence electrons. The normalized spacial score (nSPS) is 10.5. The van der Waals surface area contributed by atoms with Crippen LogP contribution in [0.2, 0.25) is 0 Å². The zero-order valence-electron chi connectivity index (χ0n) is 15.8. The van der Waals surface area contributed by atoms with Gasteiger partial charge in [-0.15, -0.1) is 11.3 Å². The number of thiophene rings is 1. The highest BCUT2D eigenvalue weighted by atomic mass is 32.1. The first-order valence-corrected chi connectivity index (χ1v) is 9.40. The molecule has 0 fully saturated rings. The summed E-state index contributed by atoms with van der Waals surface area (Å²) in [6.07, 6.45) is 0.745. The Bertz CT molecular complexity index is 749. The van der Waals surface area contributed by atoms with Gasteiger partial charge in [0.15, 0.2) is 11.5 Å². The largest absolute Gasteiger partial charge is 0.493 e. The number of ether oxygens (including phenoxy) is 2. The van der Waals surface area contributed by atoms with Crippen LogP contribution >= 0.6 is 11.3 Å². The molecule has 0 radical (unpaired) electrons. The second-order valence-electron chi connectivity index (χ2n) is 5.96. The first-order valence-electron chi connectivity index (χ1n) is 8.52. The first kappa shape index (κ1) is 20.7. The third kappa shape index (κ3) is 6.58. The number of hydrogen-bond acceptors (Lipinski definition) is 6. The molecular formula is C19H25N3O4S. The molecule has 1 aromatic carbocycles.